The fraction of sp³-hybridized carbons (Fsp3) is 0.231. The van der Waals surface area contributed by atoms with E-state index in [-0.39, 0.29) is 22.8 Å². The van der Waals surface area contributed by atoms with Gasteiger partial charge in [0, 0.05) is 30.9 Å². The summed E-state index contributed by atoms with van der Waals surface area (Å²) in [6.07, 6.45) is 1.79. The average molecular weight is 296 g/mol. The molecule has 20 heavy (non-hydrogen) atoms. The number of hydrogen-bond acceptors (Lipinski definition) is 3. The highest BCUT2D eigenvalue weighted by Gasteiger charge is 2.13. The second-order valence-corrected chi connectivity index (χ2v) is 4.89. The molecule has 0 spiro atoms. The molecule has 0 amide bonds. The van der Waals surface area contributed by atoms with Gasteiger partial charge in [0.05, 0.1) is 5.69 Å². The minimum absolute atomic E-state index is 0.0440. The van der Waals surface area contributed by atoms with Crippen LogP contribution < -0.4 is 11.1 Å². The van der Waals surface area contributed by atoms with E-state index in [2.05, 4.69) is 10.4 Å². The Balaban J connectivity index is 2.22. The van der Waals surface area contributed by atoms with Crippen molar-refractivity contribution in [3.8, 4) is 0 Å². The Bertz CT molecular complexity index is 643. The molecule has 0 bridgehead atoms. The van der Waals surface area contributed by atoms with E-state index in [1.54, 1.807) is 17.9 Å². The van der Waals surface area contributed by atoms with Crippen LogP contribution in [0, 0.1) is 18.6 Å². The van der Waals surface area contributed by atoms with Crippen LogP contribution in [0.15, 0.2) is 18.3 Å². The molecule has 0 fully saturated rings. The number of thiocarbonyl (C=S) groups is 1. The van der Waals surface area contributed by atoms with Gasteiger partial charge in [-0.3, -0.25) is 4.68 Å². The van der Waals surface area contributed by atoms with Gasteiger partial charge in [0.15, 0.2) is 0 Å². The molecular formula is C13H14F2N4S. The third-order valence-electron chi connectivity index (χ3n) is 2.90. The maximum Gasteiger partial charge on any atom is 0.150 e. The van der Waals surface area contributed by atoms with Gasteiger partial charge in [-0.1, -0.05) is 12.2 Å². The van der Waals surface area contributed by atoms with Crippen LogP contribution in [0.4, 0.5) is 14.5 Å². The van der Waals surface area contributed by atoms with E-state index < -0.39 is 11.6 Å². The number of nitrogens with zero attached hydrogens (tertiary/aromatic N) is 2. The molecule has 3 N–H and O–H groups in total. The van der Waals surface area contributed by atoms with Crippen LogP contribution in [0.2, 0.25) is 0 Å². The van der Waals surface area contributed by atoms with E-state index >= 15 is 0 Å². The highest BCUT2D eigenvalue weighted by atomic mass is 32.1. The van der Waals surface area contributed by atoms with Crippen molar-refractivity contribution in [3.63, 3.8) is 0 Å². The quantitative estimate of drug-likeness (QED) is 0.850. The minimum atomic E-state index is -0.727. The number of anilines is 1. The normalized spacial score (nSPS) is 10.6. The molecule has 0 aliphatic rings. The summed E-state index contributed by atoms with van der Waals surface area (Å²) in [6, 6.07) is 2.23. The standard InChI is InChI=1S/C13H14F2N4S/c1-7-9(6-19(2)18-7)5-17-12-10(14)3-8(13(16)20)4-11(12)15/h3-4,6,17H,5H2,1-2H3,(H2,16,20). The fourth-order valence-corrected chi connectivity index (χ4v) is 2.01. The molecule has 1 aromatic carbocycles. The highest BCUT2D eigenvalue weighted by molar-refractivity contribution is 7.80. The molecule has 2 rings (SSSR count). The number of nitrogens with one attached hydrogen (secondary N) is 1. The lowest BCUT2D eigenvalue weighted by Crippen LogP contribution is -2.12. The van der Waals surface area contributed by atoms with Crippen LogP contribution >= 0.6 is 12.2 Å². The van der Waals surface area contributed by atoms with Crippen LogP contribution in [0.1, 0.15) is 16.8 Å². The zero-order chi connectivity index (χ0) is 14.9. The number of benzene rings is 1. The lowest BCUT2D eigenvalue weighted by atomic mass is 10.1. The highest BCUT2D eigenvalue weighted by Crippen LogP contribution is 2.22. The summed E-state index contributed by atoms with van der Waals surface area (Å²) in [4.78, 5) is -0.0440. The summed E-state index contributed by atoms with van der Waals surface area (Å²) in [5.41, 5.74) is 6.99. The van der Waals surface area contributed by atoms with Gasteiger partial charge in [-0.2, -0.15) is 5.10 Å². The van der Waals surface area contributed by atoms with Crippen LogP contribution in [0.3, 0.4) is 0 Å². The third kappa shape index (κ3) is 2.93. The summed E-state index contributed by atoms with van der Waals surface area (Å²) >= 11 is 4.70. The summed E-state index contributed by atoms with van der Waals surface area (Å²) < 4.78 is 29.3. The van der Waals surface area contributed by atoms with Gasteiger partial charge in [0.1, 0.15) is 22.3 Å². The van der Waals surface area contributed by atoms with E-state index in [4.69, 9.17) is 18.0 Å². The fourth-order valence-electron chi connectivity index (χ4n) is 1.89. The topological polar surface area (TPSA) is 55.9 Å². The van der Waals surface area contributed by atoms with Gasteiger partial charge < -0.3 is 11.1 Å². The summed E-state index contributed by atoms with van der Waals surface area (Å²) in [5, 5.41) is 6.89. The first-order valence-corrected chi connectivity index (χ1v) is 6.31. The Morgan fingerprint density at radius 2 is 2.00 bits per heavy atom. The lowest BCUT2D eigenvalue weighted by molar-refractivity contribution is 0.587. The van der Waals surface area contributed by atoms with Crippen LogP contribution in [0.5, 0.6) is 0 Å². The Labute approximate surface area is 120 Å². The van der Waals surface area contributed by atoms with Gasteiger partial charge in [0.25, 0.3) is 0 Å². The zero-order valence-corrected chi connectivity index (χ0v) is 11.9. The number of aryl methyl sites for hydroxylation is 2. The van der Waals surface area contributed by atoms with Crippen molar-refractivity contribution in [2.45, 2.75) is 13.5 Å². The van der Waals surface area contributed by atoms with Crippen molar-refractivity contribution in [3.05, 3.63) is 46.8 Å². The summed E-state index contributed by atoms with van der Waals surface area (Å²) in [6.45, 7) is 2.11. The van der Waals surface area contributed by atoms with Crippen LogP contribution in [-0.2, 0) is 13.6 Å². The number of nitrogens with two attached hydrogens (primary N) is 1. The van der Waals surface area contributed by atoms with Crippen molar-refractivity contribution < 1.29 is 8.78 Å². The largest absolute Gasteiger partial charge is 0.389 e. The predicted molar refractivity (Wildman–Crippen MR) is 77.5 cm³/mol. The molecule has 0 atom stereocenters. The minimum Gasteiger partial charge on any atom is -0.389 e. The smallest absolute Gasteiger partial charge is 0.150 e. The second-order valence-electron chi connectivity index (χ2n) is 4.45. The molecule has 0 saturated heterocycles. The van der Waals surface area contributed by atoms with Crippen LogP contribution in [0.25, 0.3) is 0 Å². The molecule has 106 valence electrons. The monoisotopic (exact) mass is 296 g/mol. The lowest BCUT2D eigenvalue weighted by Gasteiger charge is -2.10. The SMILES string of the molecule is Cc1nn(C)cc1CNc1c(F)cc(C(N)=S)cc1F. The first kappa shape index (κ1) is 14.4. The van der Waals surface area contributed by atoms with Crippen LogP contribution in [-0.4, -0.2) is 14.8 Å². The number of halogens is 2. The maximum absolute atomic E-state index is 13.8. The molecule has 0 unspecified atom stereocenters. The third-order valence-corrected chi connectivity index (χ3v) is 3.13. The molecule has 1 heterocycles. The Kier molecular flexibility index (Phi) is 3.99. The first-order valence-electron chi connectivity index (χ1n) is 5.90. The van der Waals surface area contributed by atoms with E-state index in [1.807, 2.05) is 6.92 Å². The average Bonchev–Trinajstić information content (AvgIpc) is 2.66. The Hall–Kier alpha value is -2.02. The van der Waals surface area contributed by atoms with Crippen molar-refractivity contribution in [2.75, 3.05) is 5.32 Å². The van der Waals surface area contributed by atoms with E-state index in [0.717, 1.165) is 23.4 Å². The molecule has 4 nitrogen and oxygen atoms in total. The van der Waals surface area contributed by atoms with Gasteiger partial charge in [-0.05, 0) is 19.1 Å². The second kappa shape index (κ2) is 5.54. The van der Waals surface area contributed by atoms with Crippen molar-refractivity contribution in [1.29, 1.82) is 0 Å². The molecule has 0 saturated carbocycles. The summed E-state index contributed by atoms with van der Waals surface area (Å²) in [7, 11) is 1.79. The van der Waals surface area contributed by atoms with E-state index in [0.29, 0.717) is 0 Å². The Morgan fingerprint density at radius 3 is 2.45 bits per heavy atom. The number of hydrogen-bond donors (Lipinski definition) is 2. The first-order chi connectivity index (χ1) is 9.38. The van der Waals surface area contributed by atoms with Crippen molar-refractivity contribution in [1.82, 2.24) is 9.78 Å². The van der Waals surface area contributed by atoms with Gasteiger partial charge >= 0.3 is 0 Å². The van der Waals surface area contributed by atoms with Crippen molar-refractivity contribution >= 4 is 22.9 Å². The molecule has 7 heteroatoms. The summed E-state index contributed by atoms with van der Waals surface area (Å²) in [5.74, 6) is -1.45. The molecule has 2 aromatic rings. The van der Waals surface area contributed by atoms with Gasteiger partial charge in [0.2, 0.25) is 0 Å². The van der Waals surface area contributed by atoms with E-state index in [1.165, 1.54) is 0 Å². The molecule has 0 aliphatic carbocycles. The molecule has 0 aliphatic heterocycles. The molecular weight excluding hydrogens is 282 g/mol. The zero-order valence-electron chi connectivity index (χ0n) is 11.1. The predicted octanol–water partition coefficient (Wildman–Crippen LogP) is 2.25. The van der Waals surface area contributed by atoms with Gasteiger partial charge in [-0.25, -0.2) is 8.78 Å². The maximum atomic E-state index is 13.8. The van der Waals surface area contributed by atoms with Crippen molar-refractivity contribution in [2.24, 2.45) is 12.8 Å². The number of aromatic nitrogens is 2. The van der Waals surface area contributed by atoms with E-state index in [9.17, 15) is 8.78 Å². The van der Waals surface area contributed by atoms with Gasteiger partial charge in [-0.15, -0.1) is 0 Å². The Morgan fingerprint density at radius 1 is 1.40 bits per heavy atom. The molecule has 1 aromatic heterocycles. The number of rotatable bonds is 4. The molecule has 0 radical (unpaired) electrons.